The number of hydrogen-bond donors (Lipinski definition) is 1. The first-order chi connectivity index (χ1) is 8.60. The van der Waals surface area contributed by atoms with Crippen LogP contribution in [-0.2, 0) is 11.3 Å². The van der Waals surface area contributed by atoms with E-state index in [1.165, 1.54) is 22.2 Å². The molecular formula is C14H20BrNOS. The first-order valence-corrected chi connectivity index (χ1v) is 8.35. The molecule has 1 aliphatic carbocycles. The molecule has 2 aliphatic rings. The molecule has 1 aromatic heterocycles. The van der Waals surface area contributed by atoms with E-state index in [1.807, 2.05) is 11.3 Å². The van der Waals surface area contributed by atoms with Gasteiger partial charge in [-0.25, -0.2) is 0 Å². The molecule has 4 heteroatoms. The van der Waals surface area contributed by atoms with Gasteiger partial charge in [-0.15, -0.1) is 11.3 Å². The number of hydrogen-bond acceptors (Lipinski definition) is 3. The Morgan fingerprint density at radius 3 is 3.11 bits per heavy atom. The third kappa shape index (κ3) is 2.07. The van der Waals surface area contributed by atoms with Crippen LogP contribution in [0.4, 0.5) is 0 Å². The van der Waals surface area contributed by atoms with Gasteiger partial charge in [0.25, 0.3) is 0 Å². The molecule has 0 aromatic carbocycles. The highest BCUT2D eigenvalue weighted by Crippen LogP contribution is 2.51. The molecular weight excluding hydrogens is 310 g/mol. The zero-order valence-electron chi connectivity index (χ0n) is 10.9. The Hall–Kier alpha value is 0.1000. The average molecular weight is 330 g/mol. The second kappa shape index (κ2) is 4.89. The number of ether oxygens (including phenoxy) is 1. The predicted octanol–water partition coefficient (Wildman–Crippen LogP) is 3.80. The maximum atomic E-state index is 5.94. The Bertz CT molecular complexity index is 431. The first-order valence-electron chi connectivity index (χ1n) is 6.67. The van der Waals surface area contributed by atoms with Gasteiger partial charge in [0.2, 0.25) is 0 Å². The maximum Gasteiger partial charge on any atom is 0.0684 e. The molecule has 1 saturated heterocycles. The number of halogens is 1. The Kier molecular flexibility index (Phi) is 3.56. The largest absolute Gasteiger partial charge is 0.377 e. The minimum absolute atomic E-state index is 0.273. The summed E-state index contributed by atoms with van der Waals surface area (Å²) in [6, 6.07) is 2.72. The third-order valence-corrected chi connectivity index (χ3v) is 6.43. The van der Waals surface area contributed by atoms with E-state index >= 15 is 0 Å². The quantitative estimate of drug-likeness (QED) is 0.910. The lowest BCUT2D eigenvalue weighted by Crippen LogP contribution is -2.69. The summed E-state index contributed by atoms with van der Waals surface area (Å²) in [5, 5.41) is 5.89. The summed E-state index contributed by atoms with van der Waals surface area (Å²) >= 11 is 5.41. The van der Waals surface area contributed by atoms with Crippen LogP contribution in [0.25, 0.3) is 0 Å². The minimum Gasteiger partial charge on any atom is -0.377 e. The van der Waals surface area contributed by atoms with Crippen LogP contribution in [-0.4, -0.2) is 18.8 Å². The van der Waals surface area contributed by atoms with Crippen molar-refractivity contribution in [2.24, 2.45) is 11.3 Å². The van der Waals surface area contributed by atoms with Gasteiger partial charge in [0.15, 0.2) is 0 Å². The van der Waals surface area contributed by atoms with Crippen molar-refractivity contribution < 1.29 is 4.74 Å². The minimum atomic E-state index is 0.273. The van der Waals surface area contributed by atoms with E-state index in [9.17, 15) is 0 Å². The highest BCUT2D eigenvalue weighted by atomic mass is 79.9. The van der Waals surface area contributed by atoms with Crippen molar-refractivity contribution in [3.63, 3.8) is 0 Å². The van der Waals surface area contributed by atoms with Gasteiger partial charge in [-0.3, -0.25) is 0 Å². The molecule has 18 heavy (non-hydrogen) atoms. The Balaban J connectivity index is 1.64. The van der Waals surface area contributed by atoms with E-state index in [0.717, 1.165) is 13.2 Å². The summed E-state index contributed by atoms with van der Waals surface area (Å²) in [6.45, 7) is 6.59. The molecule has 0 amide bonds. The molecule has 3 atom stereocenters. The zero-order chi connectivity index (χ0) is 12.8. The van der Waals surface area contributed by atoms with Crippen LogP contribution in [0.2, 0.25) is 0 Å². The van der Waals surface area contributed by atoms with Gasteiger partial charge in [0.1, 0.15) is 0 Å². The lowest BCUT2D eigenvalue weighted by atomic mass is 9.55. The van der Waals surface area contributed by atoms with E-state index < -0.39 is 0 Å². The fraction of sp³-hybridized carbons (Fsp3) is 0.714. The van der Waals surface area contributed by atoms with Gasteiger partial charge < -0.3 is 10.1 Å². The zero-order valence-corrected chi connectivity index (χ0v) is 13.3. The second-order valence-corrected chi connectivity index (χ2v) is 7.82. The van der Waals surface area contributed by atoms with Gasteiger partial charge in [0, 0.05) is 39.9 Å². The van der Waals surface area contributed by atoms with Crippen molar-refractivity contribution in [3.8, 4) is 0 Å². The van der Waals surface area contributed by atoms with Crippen molar-refractivity contribution in [1.29, 1.82) is 0 Å². The van der Waals surface area contributed by atoms with Crippen LogP contribution in [0, 0.1) is 11.3 Å². The molecule has 1 aromatic rings. The summed E-state index contributed by atoms with van der Waals surface area (Å²) in [6.07, 6.45) is 3.01. The van der Waals surface area contributed by atoms with E-state index in [0.29, 0.717) is 18.1 Å². The van der Waals surface area contributed by atoms with Gasteiger partial charge in [0.05, 0.1) is 6.10 Å². The number of nitrogens with one attached hydrogen (secondary N) is 1. The van der Waals surface area contributed by atoms with Crippen molar-refractivity contribution in [2.75, 3.05) is 6.61 Å². The van der Waals surface area contributed by atoms with E-state index in [-0.39, 0.29) is 5.41 Å². The van der Waals surface area contributed by atoms with Crippen molar-refractivity contribution in [1.82, 2.24) is 5.32 Å². The average Bonchev–Trinajstić information content (AvgIpc) is 2.75. The summed E-state index contributed by atoms with van der Waals surface area (Å²) in [4.78, 5) is 1.39. The molecule has 3 unspecified atom stereocenters. The fourth-order valence-electron chi connectivity index (χ4n) is 3.59. The van der Waals surface area contributed by atoms with Crippen LogP contribution in [0.1, 0.15) is 31.6 Å². The van der Waals surface area contributed by atoms with Crippen LogP contribution in [0.5, 0.6) is 0 Å². The molecule has 1 saturated carbocycles. The number of thiophene rings is 1. The number of fused-ring (bicyclic) bond motifs is 1. The molecule has 2 heterocycles. The van der Waals surface area contributed by atoms with Crippen LogP contribution < -0.4 is 5.32 Å². The third-order valence-electron chi connectivity index (χ3n) is 4.50. The van der Waals surface area contributed by atoms with Crippen LogP contribution in [0.3, 0.4) is 0 Å². The molecule has 0 bridgehead atoms. The molecule has 1 aliphatic heterocycles. The SMILES string of the molecule is CC1(C)C(NCc2sccc2Br)C2CCCOC21. The highest BCUT2D eigenvalue weighted by Gasteiger charge is 2.57. The summed E-state index contributed by atoms with van der Waals surface area (Å²) in [5.74, 6) is 0.715. The second-order valence-electron chi connectivity index (χ2n) is 5.97. The van der Waals surface area contributed by atoms with Crippen molar-refractivity contribution in [2.45, 2.75) is 45.4 Å². The first kappa shape index (κ1) is 13.1. The van der Waals surface area contributed by atoms with Crippen molar-refractivity contribution >= 4 is 27.3 Å². The van der Waals surface area contributed by atoms with E-state index in [1.54, 1.807) is 0 Å². The summed E-state index contributed by atoms with van der Waals surface area (Å²) in [7, 11) is 0. The van der Waals surface area contributed by atoms with Crippen LogP contribution >= 0.6 is 27.3 Å². The Labute approximate surface area is 121 Å². The molecule has 2 nitrogen and oxygen atoms in total. The van der Waals surface area contributed by atoms with E-state index in [4.69, 9.17) is 4.74 Å². The molecule has 0 spiro atoms. The standard InChI is InChI=1S/C14H20BrNOS/c1-14(2)12(9-4-3-6-17-13(9)14)16-8-11-10(15)5-7-18-11/h5,7,9,12-13,16H,3-4,6,8H2,1-2H3. The van der Waals surface area contributed by atoms with Gasteiger partial charge in [-0.1, -0.05) is 13.8 Å². The van der Waals surface area contributed by atoms with Gasteiger partial charge >= 0.3 is 0 Å². The van der Waals surface area contributed by atoms with Crippen LogP contribution in [0.15, 0.2) is 15.9 Å². The number of rotatable bonds is 3. The van der Waals surface area contributed by atoms with Gasteiger partial charge in [-0.2, -0.15) is 0 Å². The van der Waals surface area contributed by atoms with E-state index in [2.05, 4.69) is 46.5 Å². The monoisotopic (exact) mass is 329 g/mol. The predicted molar refractivity (Wildman–Crippen MR) is 78.9 cm³/mol. The normalized spacial score (nSPS) is 33.8. The van der Waals surface area contributed by atoms with Crippen molar-refractivity contribution in [3.05, 3.63) is 20.8 Å². The summed E-state index contributed by atoms with van der Waals surface area (Å²) in [5.41, 5.74) is 0.273. The molecule has 3 rings (SSSR count). The molecule has 0 radical (unpaired) electrons. The lowest BCUT2D eigenvalue weighted by Gasteiger charge is -2.60. The highest BCUT2D eigenvalue weighted by molar-refractivity contribution is 9.10. The topological polar surface area (TPSA) is 21.3 Å². The fourth-order valence-corrected chi connectivity index (χ4v) is 5.03. The smallest absolute Gasteiger partial charge is 0.0684 e. The lowest BCUT2D eigenvalue weighted by molar-refractivity contribution is -0.192. The molecule has 100 valence electrons. The maximum absolute atomic E-state index is 5.94. The summed E-state index contributed by atoms with van der Waals surface area (Å²) < 4.78 is 7.17. The Morgan fingerprint density at radius 2 is 2.39 bits per heavy atom. The molecule has 1 N–H and O–H groups in total. The molecule has 2 fully saturated rings. The van der Waals surface area contributed by atoms with Gasteiger partial charge in [-0.05, 0) is 40.2 Å². The Morgan fingerprint density at radius 1 is 1.56 bits per heavy atom.